The molecule has 0 radical (unpaired) electrons. The van der Waals surface area contributed by atoms with Crippen LogP contribution in [0.3, 0.4) is 0 Å². The van der Waals surface area contributed by atoms with Gasteiger partial charge in [-0.05, 0) is 18.2 Å². The van der Waals surface area contributed by atoms with Gasteiger partial charge in [-0.25, -0.2) is 0 Å². The third-order valence-electron chi connectivity index (χ3n) is 1.24. The van der Waals surface area contributed by atoms with Crippen molar-refractivity contribution in [3.05, 3.63) is 12.3 Å². The number of hydrogen-bond donors (Lipinski definition) is 1. The Kier molecular flexibility index (Phi) is 5.47. The van der Waals surface area contributed by atoms with Crippen LogP contribution in [0.4, 0.5) is 0 Å². The Balaban J connectivity index is 3.86. The standard InChI is InChI=1S/C8H16N2O/c1-7(2)8(11-3)10-6-4-5-9/h4-8H,9H2,1-3H3/b5-4-,10-6-. The van der Waals surface area contributed by atoms with E-state index < -0.39 is 0 Å². The normalized spacial score (nSPS) is 15.3. The van der Waals surface area contributed by atoms with Crippen LogP contribution in [0.15, 0.2) is 17.3 Å². The molecule has 3 heteroatoms. The molecule has 11 heavy (non-hydrogen) atoms. The second-order valence-electron chi connectivity index (χ2n) is 2.55. The molecule has 0 fully saturated rings. The zero-order valence-electron chi connectivity index (χ0n) is 7.32. The summed E-state index contributed by atoms with van der Waals surface area (Å²) < 4.78 is 5.09. The smallest absolute Gasteiger partial charge is 0.150 e. The molecule has 0 saturated carbocycles. The average Bonchev–Trinajstić information content (AvgIpc) is 1.97. The predicted octanol–water partition coefficient (Wildman–Crippen LogP) is 1.16. The van der Waals surface area contributed by atoms with E-state index in [1.54, 1.807) is 19.4 Å². The molecule has 0 rings (SSSR count). The van der Waals surface area contributed by atoms with E-state index >= 15 is 0 Å². The van der Waals surface area contributed by atoms with E-state index in [-0.39, 0.29) is 6.23 Å². The van der Waals surface area contributed by atoms with E-state index in [0.717, 1.165) is 0 Å². The van der Waals surface area contributed by atoms with Gasteiger partial charge in [0.2, 0.25) is 0 Å². The van der Waals surface area contributed by atoms with Gasteiger partial charge in [-0.2, -0.15) is 0 Å². The van der Waals surface area contributed by atoms with Crippen LogP contribution in [0.25, 0.3) is 0 Å². The Bertz CT molecular complexity index is 141. The zero-order chi connectivity index (χ0) is 8.69. The van der Waals surface area contributed by atoms with Crippen LogP contribution in [0.1, 0.15) is 13.8 Å². The number of nitrogens with zero attached hydrogens (tertiary/aromatic N) is 1. The van der Waals surface area contributed by atoms with Gasteiger partial charge in [0.15, 0.2) is 0 Å². The van der Waals surface area contributed by atoms with Crippen LogP contribution in [-0.4, -0.2) is 19.6 Å². The lowest BCUT2D eigenvalue weighted by Crippen LogP contribution is -2.14. The molecule has 2 N–H and O–H groups in total. The number of nitrogens with two attached hydrogens (primary N) is 1. The first-order valence-electron chi connectivity index (χ1n) is 3.65. The first-order chi connectivity index (χ1) is 5.22. The van der Waals surface area contributed by atoms with Gasteiger partial charge in [-0.15, -0.1) is 0 Å². The minimum absolute atomic E-state index is 0.0637. The van der Waals surface area contributed by atoms with Crippen LogP contribution in [0.2, 0.25) is 0 Å². The fraction of sp³-hybridized carbons (Fsp3) is 0.625. The summed E-state index contributed by atoms with van der Waals surface area (Å²) >= 11 is 0. The molecule has 0 amide bonds. The number of aliphatic imine (C=N–C) groups is 1. The van der Waals surface area contributed by atoms with Gasteiger partial charge < -0.3 is 10.5 Å². The van der Waals surface area contributed by atoms with Crippen LogP contribution < -0.4 is 5.73 Å². The Morgan fingerprint density at radius 3 is 2.45 bits per heavy atom. The second kappa shape index (κ2) is 5.92. The molecule has 1 unspecified atom stereocenters. The molecule has 0 aliphatic heterocycles. The molecule has 0 aromatic heterocycles. The highest BCUT2D eigenvalue weighted by molar-refractivity contribution is 5.70. The maximum absolute atomic E-state index is 5.12. The monoisotopic (exact) mass is 156 g/mol. The molecule has 1 atom stereocenters. The highest BCUT2D eigenvalue weighted by Gasteiger charge is 2.07. The number of ether oxygens (including phenoxy) is 1. The van der Waals surface area contributed by atoms with Gasteiger partial charge in [0.05, 0.1) is 0 Å². The van der Waals surface area contributed by atoms with Crippen LogP contribution in [0, 0.1) is 5.92 Å². The quantitative estimate of drug-likeness (QED) is 0.621. The maximum atomic E-state index is 5.12. The molecule has 0 heterocycles. The van der Waals surface area contributed by atoms with E-state index in [2.05, 4.69) is 18.8 Å². The zero-order valence-corrected chi connectivity index (χ0v) is 7.32. The van der Waals surface area contributed by atoms with E-state index in [0.29, 0.717) is 5.92 Å². The Morgan fingerprint density at radius 1 is 1.45 bits per heavy atom. The molecule has 0 saturated heterocycles. The predicted molar refractivity (Wildman–Crippen MR) is 47.5 cm³/mol. The largest absolute Gasteiger partial charge is 0.405 e. The molecular weight excluding hydrogens is 140 g/mol. The summed E-state index contributed by atoms with van der Waals surface area (Å²) in [5, 5.41) is 0. The summed E-state index contributed by atoms with van der Waals surface area (Å²) in [5.74, 6) is 0.391. The summed E-state index contributed by atoms with van der Waals surface area (Å²) in [7, 11) is 1.65. The average molecular weight is 156 g/mol. The molecule has 64 valence electrons. The number of hydrogen-bond acceptors (Lipinski definition) is 3. The van der Waals surface area contributed by atoms with E-state index in [9.17, 15) is 0 Å². The van der Waals surface area contributed by atoms with Crippen molar-refractivity contribution in [1.82, 2.24) is 0 Å². The SMILES string of the molecule is COC(/N=C\C=C/N)C(C)C. The van der Waals surface area contributed by atoms with E-state index in [4.69, 9.17) is 10.5 Å². The van der Waals surface area contributed by atoms with Crippen molar-refractivity contribution in [2.24, 2.45) is 16.6 Å². The maximum Gasteiger partial charge on any atom is 0.150 e. The van der Waals surface area contributed by atoms with Crippen molar-refractivity contribution < 1.29 is 4.74 Å². The van der Waals surface area contributed by atoms with Crippen molar-refractivity contribution in [3.63, 3.8) is 0 Å². The first kappa shape index (κ1) is 10.2. The minimum Gasteiger partial charge on any atom is -0.405 e. The van der Waals surface area contributed by atoms with Gasteiger partial charge in [0.1, 0.15) is 6.23 Å². The number of allylic oxidation sites excluding steroid dienone is 1. The third-order valence-corrected chi connectivity index (χ3v) is 1.24. The van der Waals surface area contributed by atoms with E-state index in [1.165, 1.54) is 6.20 Å². The van der Waals surface area contributed by atoms with Gasteiger partial charge >= 0.3 is 0 Å². The van der Waals surface area contributed by atoms with Crippen LogP contribution >= 0.6 is 0 Å². The van der Waals surface area contributed by atoms with Crippen molar-refractivity contribution in [1.29, 1.82) is 0 Å². The van der Waals surface area contributed by atoms with Gasteiger partial charge in [-0.1, -0.05) is 13.8 Å². The summed E-state index contributed by atoms with van der Waals surface area (Å²) in [6.07, 6.45) is 4.70. The molecule has 0 spiro atoms. The van der Waals surface area contributed by atoms with Gasteiger partial charge in [0.25, 0.3) is 0 Å². The molecule has 3 nitrogen and oxygen atoms in total. The van der Waals surface area contributed by atoms with Crippen molar-refractivity contribution in [3.8, 4) is 0 Å². The van der Waals surface area contributed by atoms with E-state index in [1.807, 2.05) is 0 Å². The van der Waals surface area contributed by atoms with Crippen LogP contribution in [0.5, 0.6) is 0 Å². The summed E-state index contributed by atoms with van der Waals surface area (Å²) in [6, 6.07) is 0. The summed E-state index contributed by atoms with van der Waals surface area (Å²) in [5.41, 5.74) is 5.12. The molecule has 0 aromatic rings. The lowest BCUT2D eigenvalue weighted by molar-refractivity contribution is 0.0731. The Morgan fingerprint density at radius 2 is 2.09 bits per heavy atom. The molecular formula is C8H16N2O. The third kappa shape index (κ3) is 4.56. The lowest BCUT2D eigenvalue weighted by atomic mass is 10.2. The topological polar surface area (TPSA) is 47.6 Å². The Labute approximate surface area is 68.0 Å². The van der Waals surface area contributed by atoms with Crippen LogP contribution in [-0.2, 0) is 4.74 Å². The number of rotatable bonds is 4. The summed E-state index contributed by atoms with van der Waals surface area (Å²) in [4.78, 5) is 4.12. The minimum atomic E-state index is -0.0637. The van der Waals surface area contributed by atoms with Crippen molar-refractivity contribution in [2.75, 3.05) is 7.11 Å². The molecule has 0 aromatic carbocycles. The van der Waals surface area contributed by atoms with Gasteiger partial charge in [-0.3, -0.25) is 4.99 Å². The summed E-state index contributed by atoms with van der Waals surface area (Å²) in [6.45, 7) is 4.11. The molecule has 0 bridgehead atoms. The highest BCUT2D eigenvalue weighted by Crippen LogP contribution is 2.05. The second-order valence-corrected chi connectivity index (χ2v) is 2.55. The molecule has 0 aliphatic rings. The van der Waals surface area contributed by atoms with Crippen molar-refractivity contribution in [2.45, 2.75) is 20.1 Å². The molecule has 0 aliphatic carbocycles. The Hall–Kier alpha value is -0.830. The number of methoxy groups -OCH3 is 1. The fourth-order valence-corrected chi connectivity index (χ4v) is 0.689. The fourth-order valence-electron chi connectivity index (χ4n) is 0.689. The van der Waals surface area contributed by atoms with Crippen molar-refractivity contribution >= 4 is 6.21 Å². The lowest BCUT2D eigenvalue weighted by Gasteiger charge is -2.12. The first-order valence-corrected chi connectivity index (χ1v) is 3.65. The highest BCUT2D eigenvalue weighted by atomic mass is 16.5. The van der Waals surface area contributed by atoms with Gasteiger partial charge in [0, 0.05) is 13.3 Å².